The number of carbonyl (C=O) groups is 2. The van der Waals surface area contributed by atoms with Crippen molar-refractivity contribution in [3.8, 4) is 11.8 Å². The molecule has 1 aliphatic heterocycles. The zero-order valence-corrected chi connectivity index (χ0v) is 13.0. The van der Waals surface area contributed by atoms with Crippen molar-refractivity contribution in [2.24, 2.45) is 0 Å². The molecule has 0 bridgehead atoms. The summed E-state index contributed by atoms with van der Waals surface area (Å²) in [5, 5.41) is 11.5. The molecule has 0 radical (unpaired) electrons. The quantitative estimate of drug-likeness (QED) is 0.913. The Bertz CT molecular complexity index is 841. The highest BCUT2D eigenvalue weighted by Crippen LogP contribution is 2.34. The van der Waals surface area contributed by atoms with Gasteiger partial charge in [-0.3, -0.25) is 9.59 Å². The Morgan fingerprint density at radius 1 is 1.25 bits per heavy atom. The third-order valence-electron chi connectivity index (χ3n) is 3.80. The second-order valence-corrected chi connectivity index (χ2v) is 5.30. The van der Waals surface area contributed by atoms with Crippen molar-refractivity contribution in [2.75, 3.05) is 18.5 Å². The van der Waals surface area contributed by atoms with Gasteiger partial charge in [0, 0.05) is 12.6 Å². The minimum atomic E-state index is -0.784. The Morgan fingerprint density at radius 3 is 2.79 bits per heavy atom. The Hall–Kier alpha value is -3.33. The topological polar surface area (TPSA) is 82.4 Å². The van der Waals surface area contributed by atoms with E-state index < -0.39 is 6.10 Å². The van der Waals surface area contributed by atoms with Gasteiger partial charge in [-0.25, -0.2) is 0 Å². The molecule has 2 amide bonds. The molecule has 3 rings (SSSR count). The number of nitrogens with one attached hydrogen (secondary N) is 1. The molecule has 1 aliphatic rings. The van der Waals surface area contributed by atoms with Crippen molar-refractivity contribution in [1.29, 1.82) is 5.26 Å². The van der Waals surface area contributed by atoms with E-state index >= 15 is 0 Å². The van der Waals surface area contributed by atoms with E-state index in [2.05, 4.69) is 5.32 Å². The van der Waals surface area contributed by atoms with Gasteiger partial charge < -0.3 is 15.0 Å². The summed E-state index contributed by atoms with van der Waals surface area (Å²) in [6.07, 6.45) is -0.784. The van der Waals surface area contributed by atoms with Crippen LogP contribution in [0.4, 0.5) is 5.69 Å². The lowest BCUT2D eigenvalue weighted by Gasteiger charge is -2.34. The van der Waals surface area contributed by atoms with Crippen LogP contribution in [0.15, 0.2) is 48.5 Å². The van der Waals surface area contributed by atoms with E-state index in [0.29, 0.717) is 22.6 Å². The van der Waals surface area contributed by atoms with Crippen molar-refractivity contribution in [3.63, 3.8) is 0 Å². The van der Waals surface area contributed by atoms with E-state index in [-0.39, 0.29) is 18.4 Å². The molecule has 1 atom stereocenters. The summed E-state index contributed by atoms with van der Waals surface area (Å²) >= 11 is 0. The number of nitriles is 1. The van der Waals surface area contributed by atoms with Crippen molar-refractivity contribution in [1.82, 2.24) is 5.32 Å². The van der Waals surface area contributed by atoms with Gasteiger partial charge in [0.05, 0.1) is 23.9 Å². The van der Waals surface area contributed by atoms with Gasteiger partial charge in [0.1, 0.15) is 5.75 Å². The summed E-state index contributed by atoms with van der Waals surface area (Å²) < 4.78 is 5.69. The molecular formula is C18H15N3O3. The average molecular weight is 321 g/mol. The SMILES string of the molecule is CNC(=O)[C@@H]1CN(C(=O)c2cccc(C#N)c2)c2ccccc2O1. The molecule has 0 aliphatic carbocycles. The first-order valence-corrected chi connectivity index (χ1v) is 7.43. The van der Waals surface area contributed by atoms with E-state index in [4.69, 9.17) is 10.00 Å². The first-order chi connectivity index (χ1) is 11.6. The van der Waals surface area contributed by atoms with Gasteiger partial charge in [-0.15, -0.1) is 0 Å². The number of benzene rings is 2. The first kappa shape index (κ1) is 15.6. The summed E-state index contributed by atoms with van der Waals surface area (Å²) in [6, 6.07) is 15.6. The highest BCUT2D eigenvalue weighted by Gasteiger charge is 2.33. The molecule has 6 heteroatoms. The second-order valence-electron chi connectivity index (χ2n) is 5.30. The van der Waals surface area contributed by atoms with E-state index in [1.54, 1.807) is 42.5 Å². The van der Waals surface area contributed by atoms with Crippen LogP contribution in [0, 0.1) is 11.3 Å². The highest BCUT2D eigenvalue weighted by atomic mass is 16.5. The summed E-state index contributed by atoms with van der Waals surface area (Å²) in [4.78, 5) is 26.4. The van der Waals surface area contributed by atoms with Gasteiger partial charge in [0.2, 0.25) is 0 Å². The fraction of sp³-hybridized carbons (Fsp3) is 0.167. The largest absolute Gasteiger partial charge is 0.477 e. The molecule has 24 heavy (non-hydrogen) atoms. The van der Waals surface area contributed by atoms with Crippen molar-refractivity contribution >= 4 is 17.5 Å². The number of hydrogen-bond acceptors (Lipinski definition) is 4. The van der Waals surface area contributed by atoms with Crippen LogP contribution in [-0.2, 0) is 4.79 Å². The van der Waals surface area contributed by atoms with Crippen LogP contribution in [0.1, 0.15) is 15.9 Å². The number of nitrogens with zero attached hydrogens (tertiary/aromatic N) is 2. The van der Waals surface area contributed by atoms with Crippen LogP contribution in [-0.4, -0.2) is 31.5 Å². The Balaban J connectivity index is 2.00. The molecule has 0 aromatic heterocycles. The predicted octanol–water partition coefficient (Wildman–Crippen LogP) is 1.71. The van der Waals surface area contributed by atoms with Crippen molar-refractivity contribution in [3.05, 3.63) is 59.7 Å². The smallest absolute Gasteiger partial charge is 0.262 e. The monoisotopic (exact) mass is 321 g/mol. The molecule has 1 N–H and O–H groups in total. The van der Waals surface area contributed by atoms with Crippen LogP contribution in [0.5, 0.6) is 5.75 Å². The van der Waals surface area contributed by atoms with Gasteiger partial charge in [-0.1, -0.05) is 18.2 Å². The summed E-state index contributed by atoms with van der Waals surface area (Å²) in [7, 11) is 1.52. The van der Waals surface area contributed by atoms with E-state index in [1.165, 1.54) is 18.0 Å². The zero-order chi connectivity index (χ0) is 17.1. The van der Waals surface area contributed by atoms with E-state index in [1.807, 2.05) is 6.07 Å². The van der Waals surface area contributed by atoms with Crippen LogP contribution in [0.25, 0.3) is 0 Å². The minimum Gasteiger partial charge on any atom is -0.477 e. The van der Waals surface area contributed by atoms with Gasteiger partial charge in [-0.2, -0.15) is 5.26 Å². The van der Waals surface area contributed by atoms with Crippen molar-refractivity contribution in [2.45, 2.75) is 6.10 Å². The number of amides is 2. The lowest BCUT2D eigenvalue weighted by Crippen LogP contribution is -2.50. The second kappa shape index (κ2) is 6.42. The number of para-hydroxylation sites is 2. The van der Waals surface area contributed by atoms with Gasteiger partial charge in [0.15, 0.2) is 6.10 Å². The number of carbonyl (C=O) groups excluding carboxylic acids is 2. The van der Waals surface area contributed by atoms with Crippen LogP contribution >= 0.6 is 0 Å². The molecule has 1 heterocycles. The number of ether oxygens (including phenoxy) is 1. The molecule has 2 aromatic rings. The maximum atomic E-state index is 12.9. The Kier molecular flexibility index (Phi) is 4.17. The van der Waals surface area contributed by atoms with Crippen LogP contribution in [0.3, 0.4) is 0 Å². The molecule has 0 fully saturated rings. The highest BCUT2D eigenvalue weighted by molar-refractivity contribution is 6.08. The lowest BCUT2D eigenvalue weighted by atomic mass is 10.1. The van der Waals surface area contributed by atoms with Crippen LogP contribution < -0.4 is 15.0 Å². The van der Waals surface area contributed by atoms with Gasteiger partial charge in [-0.05, 0) is 30.3 Å². The Morgan fingerprint density at radius 2 is 2.04 bits per heavy atom. The van der Waals surface area contributed by atoms with Gasteiger partial charge >= 0.3 is 0 Å². The van der Waals surface area contributed by atoms with E-state index in [0.717, 1.165) is 0 Å². The standard InChI is InChI=1S/C18H15N3O3/c1-20-17(22)16-11-21(14-7-2-3-8-15(14)24-16)18(23)13-6-4-5-12(9-13)10-19/h2-9,16H,11H2,1H3,(H,20,22)/t16-/m0/s1. The number of hydrogen-bond donors (Lipinski definition) is 1. The first-order valence-electron chi connectivity index (χ1n) is 7.43. The molecule has 6 nitrogen and oxygen atoms in total. The van der Waals surface area contributed by atoms with E-state index in [9.17, 15) is 9.59 Å². The molecule has 0 unspecified atom stereocenters. The number of fused-ring (bicyclic) bond motifs is 1. The molecule has 0 saturated carbocycles. The van der Waals surface area contributed by atoms with Crippen molar-refractivity contribution < 1.29 is 14.3 Å². The van der Waals surface area contributed by atoms with Crippen LogP contribution in [0.2, 0.25) is 0 Å². The molecule has 0 saturated heterocycles. The summed E-state index contributed by atoms with van der Waals surface area (Å²) in [5.41, 5.74) is 1.40. The Labute approximate surface area is 139 Å². The maximum Gasteiger partial charge on any atom is 0.262 e. The number of rotatable bonds is 2. The summed E-state index contributed by atoms with van der Waals surface area (Å²) in [6.45, 7) is 0.103. The fourth-order valence-electron chi connectivity index (χ4n) is 2.60. The number of anilines is 1. The molecule has 120 valence electrons. The predicted molar refractivity (Wildman–Crippen MR) is 87.8 cm³/mol. The zero-order valence-electron chi connectivity index (χ0n) is 13.0. The minimum absolute atomic E-state index is 0.103. The molecule has 0 spiro atoms. The lowest BCUT2D eigenvalue weighted by molar-refractivity contribution is -0.127. The molecular weight excluding hydrogens is 306 g/mol. The van der Waals surface area contributed by atoms with Gasteiger partial charge in [0.25, 0.3) is 11.8 Å². The normalized spacial score (nSPS) is 15.7. The number of likely N-dealkylation sites (N-methyl/N-ethyl adjacent to an activating group) is 1. The molecule has 2 aromatic carbocycles. The average Bonchev–Trinajstić information content (AvgIpc) is 2.65. The maximum absolute atomic E-state index is 12.9. The third kappa shape index (κ3) is 2.79. The fourth-order valence-corrected chi connectivity index (χ4v) is 2.60. The summed E-state index contributed by atoms with van der Waals surface area (Å²) in [5.74, 6) is -0.105. The third-order valence-corrected chi connectivity index (χ3v) is 3.80.